The molecule has 0 radical (unpaired) electrons. The Kier molecular flexibility index (Phi) is 8.11. The molecule has 10 nitrogen and oxygen atoms in total. The topological polar surface area (TPSA) is 128 Å². The highest BCUT2D eigenvalue weighted by molar-refractivity contribution is 5.89. The smallest absolute Gasteiger partial charge is 0.326 e. The third-order valence-corrected chi connectivity index (χ3v) is 9.39. The number of methoxy groups -OCH3 is 1. The normalized spacial score (nSPS) is 30.8. The van der Waals surface area contributed by atoms with Crippen LogP contribution < -0.4 is 9.47 Å². The Balaban J connectivity index is 1.52. The minimum atomic E-state index is -1.11. The number of hydrogen-bond acceptors (Lipinski definition) is 8. The van der Waals surface area contributed by atoms with Crippen molar-refractivity contribution in [1.82, 2.24) is 14.9 Å². The summed E-state index contributed by atoms with van der Waals surface area (Å²) in [6.45, 7) is 9.50. The van der Waals surface area contributed by atoms with Gasteiger partial charge in [0, 0.05) is 17.9 Å². The summed E-state index contributed by atoms with van der Waals surface area (Å²) in [5, 5.41) is 10.2. The third kappa shape index (κ3) is 6.03. The molecule has 3 heterocycles. The van der Waals surface area contributed by atoms with E-state index >= 15 is 0 Å². The van der Waals surface area contributed by atoms with E-state index in [0.717, 1.165) is 43.3 Å². The van der Waals surface area contributed by atoms with Gasteiger partial charge in [0.15, 0.2) is 0 Å². The van der Waals surface area contributed by atoms with Crippen LogP contribution in [0.5, 0.6) is 11.6 Å². The molecule has 0 spiro atoms. The molecule has 0 unspecified atom stereocenters. The highest BCUT2D eigenvalue weighted by Gasteiger charge is 2.54. The number of esters is 1. The molecule has 5 rings (SSSR count). The Morgan fingerprint density at radius 3 is 2.60 bits per heavy atom. The molecule has 1 aromatic heterocycles. The van der Waals surface area contributed by atoms with Crippen LogP contribution in [0.2, 0.25) is 0 Å². The van der Waals surface area contributed by atoms with E-state index in [9.17, 15) is 19.5 Å². The van der Waals surface area contributed by atoms with Gasteiger partial charge in [0.05, 0.1) is 37.0 Å². The first-order chi connectivity index (χ1) is 19.8. The first-order valence-electron chi connectivity index (χ1n) is 15.1. The zero-order valence-electron chi connectivity index (χ0n) is 25.5. The molecule has 6 atom stereocenters. The summed E-state index contributed by atoms with van der Waals surface area (Å²) in [5.74, 6) is -1.86. The summed E-state index contributed by atoms with van der Waals surface area (Å²) in [7, 11) is 1.59. The van der Waals surface area contributed by atoms with Gasteiger partial charge in [-0.25, -0.2) is 14.8 Å². The fourth-order valence-electron chi connectivity index (χ4n) is 6.53. The number of aliphatic carboxylic acids is 1. The van der Waals surface area contributed by atoms with Crippen molar-refractivity contribution in [2.45, 2.75) is 97.3 Å². The highest BCUT2D eigenvalue weighted by Crippen LogP contribution is 2.50. The number of amides is 1. The van der Waals surface area contributed by atoms with Crippen LogP contribution in [0, 0.1) is 23.2 Å². The molecule has 1 aromatic carbocycles. The molecule has 1 saturated heterocycles. The lowest BCUT2D eigenvalue weighted by atomic mass is 9.77. The molecule has 2 fully saturated rings. The van der Waals surface area contributed by atoms with E-state index in [1.807, 2.05) is 39.8 Å². The quantitative estimate of drug-likeness (QED) is 0.497. The molecule has 42 heavy (non-hydrogen) atoms. The molecule has 1 N–H and O–H groups in total. The Morgan fingerprint density at radius 1 is 1.14 bits per heavy atom. The van der Waals surface area contributed by atoms with Gasteiger partial charge in [0.1, 0.15) is 29.2 Å². The fraction of sp³-hybridized carbons (Fsp3) is 0.656. The van der Waals surface area contributed by atoms with Gasteiger partial charge in [-0.2, -0.15) is 0 Å². The van der Waals surface area contributed by atoms with Crippen LogP contribution in [0.3, 0.4) is 0 Å². The van der Waals surface area contributed by atoms with Gasteiger partial charge in [0.2, 0.25) is 11.8 Å². The minimum absolute atomic E-state index is 0.0651. The van der Waals surface area contributed by atoms with Gasteiger partial charge in [-0.3, -0.25) is 9.59 Å². The van der Waals surface area contributed by atoms with Gasteiger partial charge >= 0.3 is 11.9 Å². The Bertz CT molecular complexity index is 1370. The molecule has 10 heteroatoms. The zero-order chi connectivity index (χ0) is 30.4. The molecule has 2 aromatic rings. The standard InChI is InChI=1S/C32H43N3O7/c1-18-25-17-35(27(18)30(38)39)29(37)21(31(2,3)4)15-26(36)42-32(5)16-19(32)10-8-7-9-11-23-28(41-25)34-24-14-20(40-6)12-13-22(24)33-23/h12-14,18-19,21,25,27H,7-11,15-17H2,1-6H3,(H,38,39)/t18-,19-,21-,25+,27+,32-/m1/s1. The van der Waals surface area contributed by atoms with Crippen LogP contribution in [0.25, 0.3) is 11.0 Å². The molecule has 3 aliphatic rings. The van der Waals surface area contributed by atoms with Gasteiger partial charge < -0.3 is 24.2 Å². The van der Waals surface area contributed by atoms with Crippen molar-refractivity contribution in [1.29, 1.82) is 0 Å². The molecule has 228 valence electrons. The number of hydrogen-bond donors (Lipinski definition) is 1. The van der Waals surface area contributed by atoms with Crippen molar-refractivity contribution < 1.29 is 33.7 Å². The summed E-state index contributed by atoms with van der Waals surface area (Å²) in [5.41, 5.74) is 0.959. The summed E-state index contributed by atoms with van der Waals surface area (Å²) in [6, 6.07) is 4.41. The zero-order valence-corrected chi connectivity index (χ0v) is 25.5. The Labute approximate surface area is 247 Å². The lowest BCUT2D eigenvalue weighted by molar-refractivity contribution is -0.159. The van der Waals surface area contributed by atoms with Gasteiger partial charge in [-0.1, -0.05) is 40.5 Å². The van der Waals surface area contributed by atoms with E-state index in [-0.39, 0.29) is 18.9 Å². The number of ether oxygens (including phenoxy) is 3. The molecular weight excluding hydrogens is 538 g/mol. The van der Waals surface area contributed by atoms with Gasteiger partial charge in [-0.05, 0) is 50.2 Å². The number of carbonyl (C=O) groups excluding carboxylic acids is 2. The van der Waals surface area contributed by atoms with Gasteiger partial charge in [0.25, 0.3) is 0 Å². The van der Waals surface area contributed by atoms with Crippen LogP contribution in [0.4, 0.5) is 0 Å². The van der Waals surface area contributed by atoms with Crippen LogP contribution in [-0.2, 0) is 25.5 Å². The largest absolute Gasteiger partial charge is 0.497 e. The number of benzene rings is 1. The summed E-state index contributed by atoms with van der Waals surface area (Å²) in [6.07, 6.45) is 4.58. The number of fused-ring (bicyclic) bond motifs is 5. The van der Waals surface area contributed by atoms with E-state index in [2.05, 4.69) is 0 Å². The van der Waals surface area contributed by atoms with E-state index in [4.69, 9.17) is 24.2 Å². The van der Waals surface area contributed by atoms with Crippen LogP contribution in [-0.4, -0.2) is 69.2 Å². The van der Waals surface area contributed by atoms with E-state index in [0.29, 0.717) is 29.5 Å². The van der Waals surface area contributed by atoms with Crippen molar-refractivity contribution in [3.8, 4) is 11.6 Å². The van der Waals surface area contributed by atoms with E-state index in [1.54, 1.807) is 20.1 Å². The minimum Gasteiger partial charge on any atom is -0.497 e. The fourth-order valence-corrected chi connectivity index (χ4v) is 6.53. The lowest BCUT2D eigenvalue weighted by Gasteiger charge is -2.34. The van der Waals surface area contributed by atoms with Crippen LogP contribution in [0.15, 0.2) is 18.2 Å². The SMILES string of the molecule is COc1ccc2nc3c(nc2c1)O[C@H]1CN(C(=O)[C@H](C(C)(C)C)CC(=O)O[C@]2(C)C[C@H]2CCCCC3)[C@H](C(=O)O)[C@@H]1C. The van der Waals surface area contributed by atoms with Crippen molar-refractivity contribution in [2.75, 3.05) is 13.7 Å². The average molecular weight is 582 g/mol. The second-order valence-corrected chi connectivity index (χ2v) is 13.5. The monoisotopic (exact) mass is 581 g/mol. The maximum absolute atomic E-state index is 14.1. The first kappa shape index (κ1) is 30.0. The molecule has 2 aliphatic heterocycles. The van der Waals surface area contributed by atoms with Crippen LogP contribution in [0.1, 0.15) is 78.8 Å². The van der Waals surface area contributed by atoms with E-state index in [1.165, 1.54) is 4.90 Å². The molecular formula is C32H43N3O7. The predicted octanol–water partition coefficient (Wildman–Crippen LogP) is 4.81. The number of nitrogens with zero attached hydrogens (tertiary/aromatic N) is 3. The molecule has 1 amide bonds. The average Bonchev–Trinajstić information content (AvgIpc) is 3.43. The van der Waals surface area contributed by atoms with Crippen LogP contribution >= 0.6 is 0 Å². The molecule has 2 bridgehead atoms. The number of carbonyl (C=O) groups is 3. The van der Waals surface area contributed by atoms with Crippen molar-refractivity contribution in [2.24, 2.45) is 23.2 Å². The second kappa shape index (κ2) is 11.3. The van der Waals surface area contributed by atoms with Crippen molar-refractivity contribution in [3.05, 3.63) is 23.9 Å². The number of aryl methyl sites for hydroxylation is 1. The molecule has 1 aliphatic carbocycles. The lowest BCUT2D eigenvalue weighted by Crippen LogP contribution is -2.48. The number of aromatic nitrogens is 2. The predicted molar refractivity (Wildman–Crippen MR) is 155 cm³/mol. The van der Waals surface area contributed by atoms with Crippen molar-refractivity contribution in [3.63, 3.8) is 0 Å². The summed E-state index contributed by atoms with van der Waals surface area (Å²) >= 11 is 0. The second-order valence-electron chi connectivity index (χ2n) is 13.5. The first-order valence-corrected chi connectivity index (χ1v) is 15.1. The maximum Gasteiger partial charge on any atom is 0.326 e. The molecule has 1 saturated carbocycles. The van der Waals surface area contributed by atoms with Gasteiger partial charge in [-0.15, -0.1) is 0 Å². The number of carboxylic acid groups (broad SMARTS) is 1. The van der Waals surface area contributed by atoms with Crippen molar-refractivity contribution >= 4 is 28.9 Å². The van der Waals surface area contributed by atoms with E-state index < -0.39 is 46.9 Å². The Hall–Kier alpha value is -3.43. The third-order valence-electron chi connectivity index (χ3n) is 9.39. The maximum atomic E-state index is 14.1. The Morgan fingerprint density at radius 2 is 1.90 bits per heavy atom. The summed E-state index contributed by atoms with van der Waals surface area (Å²) in [4.78, 5) is 50.8. The highest BCUT2D eigenvalue weighted by atomic mass is 16.6. The summed E-state index contributed by atoms with van der Waals surface area (Å²) < 4.78 is 17.8. The number of carboxylic acids is 1. The number of rotatable bonds is 2.